The molecule has 0 amide bonds. The number of carboxylic acids is 2. The number of hydrogen-bond donors (Lipinski definition) is 3. The number of aliphatic hydroxyl groups excluding tert-OH is 1. The van der Waals surface area contributed by atoms with E-state index in [1.807, 2.05) is 83.6 Å². The Bertz CT molecular complexity index is 2810. The molecule has 1 aromatic heterocycles. The topological polar surface area (TPSA) is 113 Å². The molecule has 302 valence electrons. The smallest absolute Gasteiger partial charge is 0.335 e. The molecule has 0 aliphatic heterocycles. The Kier molecular flexibility index (Phi) is 12.4. The fourth-order valence-electron chi connectivity index (χ4n) is 7.63. The van der Waals surface area contributed by atoms with Gasteiger partial charge in [-0.1, -0.05) is 72.3 Å². The third-order valence-electron chi connectivity index (χ3n) is 10.9. The van der Waals surface area contributed by atoms with Gasteiger partial charge in [-0.15, -0.1) is 0 Å². The van der Waals surface area contributed by atoms with Crippen molar-refractivity contribution >= 4 is 44.8 Å². The third-order valence-corrected chi connectivity index (χ3v) is 11.6. The number of carbonyl (C=O) groups is 2. The Labute approximate surface area is 353 Å². The van der Waals surface area contributed by atoms with Crippen LogP contribution in [0.4, 0.5) is 0 Å². The van der Waals surface area contributed by atoms with Gasteiger partial charge in [0.1, 0.15) is 24.7 Å². The number of ether oxygens (including phenoxy) is 2. The first kappa shape index (κ1) is 41.4. The van der Waals surface area contributed by atoms with Gasteiger partial charge < -0.3 is 24.8 Å². The number of thiophene rings is 1. The minimum Gasteiger partial charge on any atom is -0.489 e. The van der Waals surface area contributed by atoms with Gasteiger partial charge in [0.25, 0.3) is 0 Å². The number of aromatic carboxylic acids is 2. The highest BCUT2D eigenvalue weighted by Crippen LogP contribution is 2.35. The summed E-state index contributed by atoms with van der Waals surface area (Å²) in [6.45, 7) is 11.3. The molecule has 0 aliphatic rings. The van der Waals surface area contributed by atoms with Crippen molar-refractivity contribution < 1.29 is 34.4 Å². The van der Waals surface area contributed by atoms with Gasteiger partial charge in [-0.05, 0) is 183 Å². The van der Waals surface area contributed by atoms with E-state index < -0.39 is 11.9 Å². The Morgan fingerprint density at radius 3 is 1.52 bits per heavy atom. The molecule has 0 radical (unpaired) electrons. The second-order valence-corrected chi connectivity index (χ2v) is 15.9. The van der Waals surface area contributed by atoms with Crippen LogP contribution in [0.2, 0.25) is 0 Å². The number of benzene rings is 7. The molecule has 0 aliphatic carbocycles. The zero-order chi connectivity index (χ0) is 42.5. The molecule has 0 unspecified atom stereocenters. The van der Waals surface area contributed by atoms with E-state index in [1.165, 1.54) is 38.9 Å². The molecule has 0 bridgehead atoms. The first-order valence-corrected chi connectivity index (χ1v) is 20.5. The zero-order valence-corrected chi connectivity index (χ0v) is 35.0. The minimum absolute atomic E-state index is 0.0309. The Morgan fingerprint density at radius 1 is 0.550 bits per heavy atom. The lowest BCUT2D eigenvalue weighted by Crippen LogP contribution is -2.02. The van der Waals surface area contributed by atoms with E-state index in [2.05, 4.69) is 58.9 Å². The largest absolute Gasteiger partial charge is 0.489 e. The van der Waals surface area contributed by atoms with Crippen LogP contribution in [0.1, 0.15) is 65.2 Å². The van der Waals surface area contributed by atoms with E-state index in [-0.39, 0.29) is 17.7 Å². The monoisotopic (exact) mass is 814 g/mol. The number of fused-ring (bicyclic) bond motifs is 2. The first-order valence-electron chi connectivity index (χ1n) is 19.6. The van der Waals surface area contributed by atoms with Gasteiger partial charge in [-0.2, -0.15) is 11.3 Å². The van der Waals surface area contributed by atoms with Crippen molar-refractivity contribution in [2.45, 2.75) is 54.4 Å². The lowest BCUT2D eigenvalue weighted by molar-refractivity contribution is 0.0686. The molecule has 7 aromatic carbocycles. The second-order valence-electron chi connectivity index (χ2n) is 15.1. The highest BCUT2D eigenvalue weighted by Gasteiger charge is 2.15. The normalized spacial score (nSPS) is 11.0. The van der Waals surface area contributed by atoms with Crippen molar-refractivity contribution in [2.24, 2.45) is 0 Å². The van der Waals surface area contributed by atoms with Crippen LogP contribution in [0.5, 0.6) is 11.5 Å². The molecule has 8 heteroatoms. The summed E-state index contributed by atoms with van der Waals surface area (Å²) in [5.74, 6) is -0.479. The molecule has 7 nitrogen and oxygen atoms in total. The molecule has 8 rings (SSSR count). The number of hydrogen-bond acceptors (Lipinski definition) is 6. The maximum absolute atomic E-state index is 11.8. The predicted molar refractivity (Wildman–Crippen MR) is 242 cm³/mol. The number of aliphatic hydroxyl groups is 1. The summed E-state index contributed by atoms with van der Waals surface area (Å²) < 4.78 is 12.2. The molecule has 8 aromatic rings. The van der Waals surface area contributed by atoms with Gasteiger partial charge in [0, 0.05) is 0 Å². The molecule has 60 heavy (non-hydrogen) atoms. The van der Waals surface area contributed by atoms with Gasteiger partial charge in [-0.3, -0.25) is 0 Å². The van der Waals surface area contributed by atoms with Crippen molar-refractivity contribution in [3.63, 3.8) is 0 Å². The standard InChI is InChI=1S/C28H26O4.C24H20O3S/c1-17-10-18(2)27(19(3)11-17)16-32-24-8-9-25-22(13-24)12-23(28(30)31)14-26(25)21-6-4-20(15-29)5-7-21;1-15-4-3-5-16(2)23(15)13-27-20-6-7-21-18(11-20)10-19(24(25)26)12-22(21)17-8-9-28-14-17/h4-14,29H,15-16H2,1-3H3,(H,30,31);3-12,14H,13H2,1-2H3,(H,25,26). The van der Waals surface area contributed by atoms with Crippen LogP contribution in [0.15, 0.2) is 132 Å². The average molecular weight is 815 g/mol. The second kappa shape index (κ2) is 18.0. The summed E-state index contributed by atoms with van der Waals surface area (Å²) in [6.07, 6.45) is 0. The van der Waals surface area contributed by atoms with E-state index in [0.29, 0.717) is 19.0 Å². The van der Waals surface area contributed by atoms with Gasteiger partial charge in [0.2, 0.25) is 0 Å². The molecule has 0 atom stereocenters. The number of carboxylic acid groups (broad SMARTS) is 2. The molecule has 0 spiro atoms. The summed E-state index contributed by atoms with van der Waals surface area (Å²) in [5.41, 5.74) is 13.4. The van der Waals surface area contributed by atoms with Gasteiger partial charge in [0.05, 0.1) is 17.7 Å². The fourth-order valence-corrected chi connectivity index (χ4v) is 8.29. The fraction of sp³-hybridized carbons (Fsp3) is 0.154. The van der Waals surface area contributed by atoms with Gasteiger partial charge in [0.15, 0.2) is 0 Å². The van der Waals surface area contributed by atoms with Crippen LogP contribution < -0.4 is 9.47 Å². The highest BCUT2D eigenvalue weighted by molar-refractivity contribution is 7.08. The maximum atomic E-state index is 11.8. The van der Waals surface area contributed by atoms with E-state index in [0.717, 1.165) is 55.1 Å². The zero-order valence-electron chi connectivity index (χ0n) is 34.2. The highest BCUT2D eigenvalue weighted by atomic mass is 32.1. The van der Waals surface area contributed by atoms with E-state index in [1.54, 1.807) is 35.6 Å². The Morgan fingerprint density at radius 2 is 1.05 bits per heavy atom. The van der Waals surface area contributed by atoms with Crippen molar-refractivity contribution in [3.05, 3.63) is 188 Å². The van der Waals surface area contributed by atoms with Crippen molar-refractivity contribution in [1.29, 1.82) is 0 Å². The lowest BCUT2D eigenvalue weighted by Gasteiger charge is -2.14. The van der Waals surface area contributed by atoms with Gasteiger partial charge >= 0.3 is 11.9 Å². The Balaban J connectivity index is 0.000000183. The van der Waals surface area contributed by atoms with Crippen molar-refractivity contribution in [1.82, 2.24) is 0 Å². The Hall–Kier alpha value is -6.74. The average Bonchev–Trinajstić information content (AvgIpc) is 3.77. The summed E-state index contributed by atoms with van der Waals surface area (Å²) in [5, 5.41) is 36.1. The molecule has 0 saturated heterocycles. The van der Waals surface area contributed by atoms with E-state index in [9.17, 15) is 24.9 Å². The minimum atomic E-state index is -0.975. The number of rotatable bonds is 11. The van der Waals surface area contributed by atoms with Crippen LogP contribution in [-0.2, 0) is 19.8 Å². The number of aryl methyl sites for hydroxylation is 5. The summed E-state index contributed by atoms with van der Waals surface area (Å²) in [4.78, 5) is 23.4. The quantitative estimate of drug-likeness (QED) is 0.119. The molecule has 1 heterocycles. The van der Waals surface area contributed by atoms with Crippen LogP contribution in [0.25, 0.3) is 43.8 Å². The van der Waals surface area contributed by atoms with Crippen LogP contribution in [0, 0.1) is 34.6 Å². The van der Waals surface area contributed by atoms with E-state index >= 15 is 0 Å². The molecule has 0 fully saturated rings. The predicted octanol–water partition coefficient (Wildman–Crippen LogP) is 12.7. The molecular weight excluding hydrogens is 769 g/mol. The molecule has 0 saturated carbocycles. The summed E-state index contributed by atoms with van der Waals surface area (Å²) >= 11 is 1.60. The van der Waals surface area contributed by atoms with Crippen molar-refractivity contribution in [3.8, 4) is 33.8 Å². The summed E-state index contributed by atoms with van der Waals surface area (Å²) in [6, 6.07) is 38.5. The van der Waals surface area contributed by atoms with Crippen LogP contribution in [0.3, 0.4) is 0 Å². The lowest BCUT2D eigenvalue weighted by atomic mass is 9.95. The maximum Gasteiger partial charge on any atom is 0.335 e. The SMILES string of the molecule is Cc1cc(C)c(COc2ccc3c(-c4ccc(CO)cc4)cc(C(=O)O)cc3c2)c(C)c1.Cc1cccc(C)c1COc1ccc2c(-c3ccsc3)cc(C(=O)O)cc2c1. The summed E-state index contributed by atoms with van der Waals surface area (Å²) in [7, 11) is 0. The third kappa shape index (κ3) is 9.26. The van der Waals surface area contributed by atoms with Crippen LogP contribution in [-0.4, -0.2) is 27.3 Å². The molecule has 3 N–H and O–H groups in total. The first-order chi connectivity index (χ1) is 28.9. The van der Waals surface area contributed by atoms with E-state index in [4.69, 9.17) is 9.47 Å². The van der Waals surface area contributed by atoms with Crippen LogP contribution >= 0.6 is 11.3 Å². The van der Waals surface area contributed by atoms with Gasteiger partial charge in [-0.25, -0.2) is 9.59 Å². The van der Waals surface area contributed by atoms with Crippen molar-refractivity contribution in [2.75, 3.05) is 0 Å². The molecular formula is C52H46O7S.